The van der Waals surface area contributed by atoms with Crippen LogP contribution in [0.5, 0.6) is 0 Å². The molecule has 102 valence electrons. The van der Waals surface area contributed by atoms with Crippen LogP contribution in [-0.4, -0.2) is 4.57 Å². The van der Waals surface area contributed by atoms with Crippen LogP contribution in [-0.2, 0) is 13.6 Å². The van der Waals surface area contributed by atoms with Gasteiger partial charge in [-0.05, 0) is 39.7 Å². The molecule has 2 aromatic carbocycles. The van der Waals surface area contributed by atoms with E-state index in [0.29, 0.717) is 12.2 Å². The number of fused-ring (bicyclic) bond motifs is 1. The van der Waals surface area contributed by atoms with Crippen LogP contribution < -0.4 is 5.32 Å². The summed E-state index contributed by atoms with van der Waals surface area (Å²) in [4.78, 5) is 0. The highest BCUT2D eigenvalue weighted by Gasteiger charge is 2.09. The lowest BCUT2D eigenvalue weighted by molar-refractivity contribution is 0.629. The molecule has 3 aromatic rings. The summed E-state index contributed by atoms with van der Waals surface area (Å²) in [5.74, 6) is -0.250. The van der Waals surface area contributed by atoms with Crippen molar-refractivity contribution in [1.82, 2.24) is 4.57 Å². The van der Waals surface area contributed by atoms with E-state index < -0.39 is 0 Å². The second-order valence-electron chi connectivity index (χ2n) is 4.73. The lowest BCUT2D eigenvalue weighted by Gasteiger charge is -2.09. The molecule has 0 fully saturated rings. The van der Waals surface area contributed by atoms with E-state index in [9.17, 15) is 4.39 Å². The molecule has 3 rings (SSSR count). The van der Waals surface area contributed by atoms with Crippen LogP contribution >= 0.6 is 15.9 Å². The number of aromatic nitrogens is 1. The van der Waals surface area contributed by atoms with E-state index in [4.69, 9.17) is 0 Å². The molecule has 0 saturated heterocycles. The topological polar surface area (TPSA) is 17.0 Å². The number of hydrogen-bond acceptors (Lipinski definition) is 1. The van der Waals surface area contributed by atoms with Crippen molar-refractivity contribution in [3.8, 4) is 0 Å². The molecule has 0 unspecified atom stereocenters. The van der Waals surface area contributed by atoms with Gasteiger partial charge in [0, 0.05) is 35.2 Å². The third-order valence-electron chi connectivity index (χ3n) is 3.40. The quantitative estimate of drug-likeness (QED) is 0.736. The average Bonchev–Trinajstić information content (AvgIpc) is 2.76. The van der Waals surface area contributed by atoms with Gasteiger partial charge in [-0.15, -0.1) is 0 Å². The van der Waals surface area contributed by atoms with Gasteiger partial charge in [-0.2, -0.15) is 0 Å². The fourth-order valence-electron chi connectivity index (χ4n) is 2.42. The lowest BCUT2D eigenvalue weighted by atomic mass is 10.2. The van der Waals surface area contributed by atoms with E-state index in [0.717, 1.165) is 10.0 Å². The van der Waals surface area contributed by atoms with E-state index in [1.807, 2.05) is 25.2 Å². The number of halogens is 2. The maximum absolute atomic E-state index is 13.8. The summed E-state index contributed by atoms with van der Waals surface area (Å²) in [6, 6.07) is 13.2. The summed E-state index contributed by atoms with van der Waals surface area (Å²) in [6.07, 6.45) is 2.08. The number of para-hydroxylation sites is 2. The zero-order valence-electron chi connectivity index (χ0n) is 11.0. The summed E-state index contributed by atoms with van der Waals surface area (Å²) >= 11 is 3.37. The number of nitrogens with one attached hydrogen (secondary N) is 1. The number of hydrogen-bond donors (Lipinski definition) is 1. The maximum atomic E-state index is 13.8. The molecule has 0 spiro atoms. The summed E-state index contributed by atoms with van der Waals surface area (Å²) in [7, 11) is 2.02. The summed E-state index contributed by atoms with van der Waals surface area (Å²) in [5.41, 5.74) is 2.83. The van der Waals surface area contributed by atoms with Crippen molar-refractivity contribution in [2.45, 2.75) is 6.54 Å². The summed E-state index contributed by atoms with van der Waals surface area (Å²) < 4.78 is 16.6. The van der Waals surface area contributed by atoms with E-state index in [2.05, 4.69) is 44.1 Å². The minimum atomic E-state index is -0.250. The third kappa shape index (κ3) is 2.31. The smallest absolute Gasteiger partial charge is 0.147 e. The molecule has 20 heavy (non-hydrogen) atoms. The van der Waals surface area contributed by atoms with E-state index in [1.54, 1.807) is 6.07 Å². The van der Waals surface area contributed by atoms with Crippen molar-refractivity contribution in [3.63, 3.8) is 0 Å². The van der Waals surface area contributed by atoms with Gasteiger partial charge in [0.15, 0.2) is 0 Å². The molecular weight excluding hydrogens is 319 g/mol. The number of aryl methyl sites for hydroxylation is 1. The predicted molar refractivity (Wildman–Crippen MR) is 84.3 cm³/mol. The molecule has 0 aliphatic carbocycles. The Balaban J connectivity index is 1.91. The van der Waals surface area contributed by atoms with Gasteiger partial charge >= 0.3 is 0 Å². The normalized spacial score (nSPS) is 10.9. The molecule has 0 amide bonds. The second kappa shape index (κ2) is 5.29. The molecule has 0 atom stereocenters. The first-order chi connectivity index (χ1) is 9.66. The SMILES string of the molecule is Cn1cc(CNc2c(F)cccc2Br)c2ccccc21. The summed E-state index contributed by atoms with van der Waals surface area (Å²) in [6.45, 7) is 0.584. The van der Waals surface area contributed by atoms with Gasteiger partial charge < -0.3 is 9.88 Å². The third-order valence-corrected chi connectivity index (χ3v) is 4.06. The summed E-state index contributed by atoms with van der Waals surface area (Å²) in [5, 5.41) is 4.36. The van der Waals surface area contributed by atoms with Gasteiger partial charge in [-0.1, -0.05) is 24.3 Å². The Bertz CT molecular complexity index is 744. The van der Waals surface area contributed by atoms with Crippen LogP contribution in [0.3, 0.4) is 0 Å². The van der Waals surface area contributed by atoms with Crippen molar-refractivity contribution >= 4 is 32.5 Å². The molecule has 0 bridgehead atoms. The van der Waals surface area contributed by atoms with Gasteiger partial charge in [-0.3, -0.25) is 0 Å². The number of rotatable bonds is 3. The first kappa shape index (κ1) is 13.2. The Morgan fingerprint density at radius 2 is 1.95 bits per heavy atom. The number of benzene rings is 2. The fourth-order valence-corrected chi connectivity index (χ4v) is 2.90. The highest BCUT2D eigenvalue weighted by Crippen LogP contribution is 2.27. The molecule has 0 radical (unpaired) electrons. The highest BCUT2D eigenvalue weighted by atomic mass is 79.9. The Labute approximate surface area is 125 Å². The van der Waals surface area contributed by atoms with Crippen LogP contribution in [0.2, 0.25) is 0 Å². The van der Waals surface area contributed by atoms with Crippen LogP contribution in [0.25, 0.3) is 10.9 Å². The second-order valence-corrected chi connectivity index (χ2v) is 5.59. The number of nitrogens with zero attached hydrogens (tertiary/aromatic N) is 1. The van der Waals surface area contributed by atoms with Crippen LogP contribution in [0, 0.1) is 5.82 Å². The Morgan fingerprint density at radius 1 is 1.15 bits per heavy atom. The van der Waals surface area contributed by atoms with Crippen LogP contribution in [0.4, 0.5) is 10.1 Å². The van der Waals surface area contributed by atoms with Gasteiger partial charge in [-0.25, -0.2) is 4.39 Å². The monoisotopic (exact) mass is 332 g/mol. The zero-order valence-corrected chi connectivity index (χ0v) is 12.6. The number of anilines is 1. The lowest BCUT2D eigenvalue weighted by Crippen LogP contribution is -2.01. The van der Waals surface area contributed by atoms with Gasteiger partial charge in [0.2, 0.25) is 0 Å². The molecular formula is C16H14BrFN2. The molecule has 1 aromatic heterocycles. The molecule has 1 N–H and O–H groups in total. The minimum absolute atomic E-state index is 0.250. The van der Waals surface area contributed by atoms with Crippen LogP contribution in [0.1, 0.15) is 5.56 Å². The first-order valence-corrected chi connectivity index (χ1v) is 7.17. The zero-order chi connectivity index (χ0) is 14.1. The molecule has 4 heteroatoms. The fraction of sp³-hybridized carbons (Fsp3) is 0.125. The Kier molecular flexibility index (Phi) is 3.49. The maximum Gasteiger partial charge on any atom is 0.147 e. The van der Waals surface area contributed by atoms with Crippen molar-refractivity contribution in [3.05, 3.63) is 64.5 Å². The van der Waals surface area contributed by atoms with Crippen molar-refractivity contribution in [2.24, 2.45) is 7.05 Å². The van der Waals surface area contributed by atoms with E-state index in [1.165, 1.54) is 17.0 Å². The van der Waals surface area contributed by atoms with Gasteiger partial charge in [0.1, 0.15) is 5.82 Å². The van der Waals surface area contributed by atoms with Crippen LogP contribution in [0.15, 0.2) is 53.1 Å². The van der Waals surface area contributed by atoms with Crippen molar-refractivity contribution < 1.29 is 4.39 Å². The van der Waals surface area contributed by atoms with Crippen molar-refractivity contribution in [2.75, 3.05) is 5.32 Å². The molecule has 1 heterocycles. The highest BCUT2D eigenvalue weighted by molar-refractivity contribution is 9.10. The van der Waals surface area contributed by atoms with Gasteiger partial charge in [0.05, 0.1) is 5.69 Å². The predicted octanol–water partition coefficient (Wildman–Crippen LogP) is 4.69. The molecule has 2 nitrogen and oxygen atoms in total. The minimum Gasteiger partial charge on any atom is -0.378 e. The molecule has 0 aliphatic rings. The largest absolute Gasteiger partial charge is 0.378 e. The van der Waals surface area contributed by atoms with E-state index >= 15 is 0 Å². The standard InChI is InChI=1S/C16H14BrFN2/c1-20-10-11(12-5-2-3-8-15(12)20)9-19-16-13(17)6-4-7-14(16)18/h2-8,10,19H,9H2,1H3. The molecule has 0 aliphatic heterocycles. The van der Waals surface area contributed by atoms with Gasteiger partial charge in [0.25, 0.3) is 0 Å². The Morgan fingerprint density at radius 3 is 2.75 bits per heavy atom. The van der Waals surface area contributed by atoms with Crippen molar-refractivity contribution in [1.29, 1.82) is 0 Å². The average molecular weight is 333 g/mol. The first-order valence-electron chi connectivity index (χ1n) is 6.37. The Hall–Kier alpha value is -1.81. The molecule has 0 saturated carbocycles. The van der Waals surface area contributed by atoms with E-state index in [-0.39, 0.29) is 5.82 Å².